The molecule has 0 heterocycles. The minimum atomic E-state index is -3.32. The number of hydrogen-bond donors (Lipinski definition) is 0. The quantitative estimate of drug-likeness (QED) is 0.642. The molecule has 0 bridgehead atoms. The largest absolute Gasteiger partial charge is 0.563 e. The Morgan fingerprint density at radius 2 is 1.58 bits per heavy atom. The zero-order chi connectivity index (χ0) is 9.03. The fraction of sp³-hybridized carbons (Fsp3) is 0.250. The second-order valence-electron chi connectivity index (χ2n) is 2.33. The molecule has 0 aliphatic rings. The molecule has 1 radical (unpaired) electrons. The van der Waals surface area contributed by atoms with Crippen LogP contribution in [0.25, 0.3) is 0 Å². The summed E-state index contributed by atoms with van der Waals surface area (Å²) in [5.74, 6) is 0. The zero-order valence-electron chi connectivity index (χ0n) is 7.11. The number of rotatable bonds is 3. The highest BCUT2D eigenvalue weighted by Gasteiger charge is 2.39. The van der Waals surface area contributed by atoms with Crippen molar-refractivity contribution in [2.45, 2.75) is 0 Å². The van der Waals surface area contributed by atoms with Crippen molar-refractivity contribution in [3.63, 3.8) is 0 Å². The highest BCUT2D eigenvalue weighted by atomic mass is 28.4. The van der Waals surface area contributed by atoms with Gasteiger partial charge >= 0.3 is 8.80 Å². The van der Waals surface area contributed by atoms with Crippen LogP contribution in [0.1, 0.15) is 0 Å². The third-order valence-corrected chi connectivity index (χ3v) is 3.78. The van der Waals surface area contributed by atoms with E-state index in [2.05, 4.69) is 0 Å². The topological polar surface area (TPSA) is 38.4 Å². The van der Waals surface area contributed by atoms with Crippen LogP contribution in [0, 0.1) is 0 Å². The summed E-state index contributed by atoms with van der Waals surface area (Å²) >= 11 is 0. The summed E-state index contributed by atoms with van der Waals surface area (Å²) in [6.07, 6.45) is 0. The van der Waals surface area contributed by atoms with Gasteiger partial charge in [0.2, 0.25) is 0 Å². The first-order valence-electron chi connectivity index (χ1n) is 3.59. The first kappa shape index (κ1) is 9.41. The van der Waals surface area contributed by atoms with Crippen molar-refractivity contribution in [3.8, 4) is 0 Å². The lowest BCUT2D eigenvalue weighted by Crippen LogP contribution is -2.51. The highest BCUT2D eigenvalue weighted by molar-refractivity contribution is 6.73. The second kappa shape index (κ2) is 3.82. The Balaban J connectivity index is 2.95. The molecule has 1 aromatic carbocycles. The van der Waals surface area contributed by atoms with Crippen molar-refractivity contribution >= 4 is 14.0 Å². The summed E-state index contributed by atoms with van der Waals surface area (Å²) in [4.78, 5) is 11.7. The summed E-state index contributed by atoms with van der Waals surface area (Å²) in [5.41, 5.74) is 0. The van der Waals surface area contributed by atoms with Crippen LogP contribution in [0.4, 0.5) is 0 Å². The summed E-state index contributed by atoms with van der Waals surface area (Å²) in [5, 5.41) is 0.606. The normalized spacial score (nSPS) is 11.6. The fourth-order valence-corrected chi connectivity index (χ4v) is 2.20. The molecule has 0 saturated heterocycles. The van der Waals surface area contributed by atoms with E-state index in [4.69, 9.17) is 8.85 Å². The van der Waals surface area contributed by atoms with Gasteiger partial charge in [-0.25, -0.2) is 4.80 Å². The molecule has 0 fully saturated rings. The van der Waals surface area contributed by atoms with Gasteiger partial charge in [-0.15, -0.1) is 0 Å². The van der Waals surface area contributed by atoms with Crippen LogP contribution < -0.4 is 5.19 Å². The van der Waals surface area contributed by atoms with E-state index in [-0.39, 0.29) is 0 Å². The molecule has 0 aromatic heterocycles. The van der Waals surface area contributed by atoms with Gasteiger partial charge in [0.1, 0.15) is 0 Å². The smallest absolute Gasteiger partial charge is 0.372 e. The highest BCUT2D eigenvalue weighted by Crippen LogP contribution is 2.01. The maximum absolute atomic E-state index is 11.7. The first-order valence-corrected chi connectivity index (χ1v) is 5.31. The molecule has 0 atom stereocenters. The molecule has 1 rings (SSSR count). The Bertz CT molecular complexity index is 233. The Morgan fingerprint density at radius 3 is 2.00 bits per heavy atom. The molecule has 0 N–H and O–H groups in total. The summed E-state index contributed by atoms with van der Waals surface area (Å²) < 4.78 is 9.67. The minimum Gasteiger partial charge on any atom is -0.372 e. The lowest BCUT2D eigenvalue weighted by molar-refractivity contribution is 0.136. The molecule has 12 heavy (non-hydrogen) atoms. The predicted octanol–water partition coefficient (Wildman–Crippen LogP) is 0.556. The van der Waals surface area contributed by atoms with Crippen molar-refractivity contribution in [1.82, 2.24) is 0 Å². The van der Waals surface area contributed by atoms with Gasteiger partial charge in [-0.2, -0.15) is 0 Å². The van der Waals surface area contributed by atoms with Crippen molar-refractivity contribution < 1.29 is 13.6 Å². The molecule has 0 amide bonds. The molecule has 0 unspecified atom stereocenters. The van der Waals surface area contributed by atoms with E-state index >= 15 is 0 Å². The summed E-state index contributed by atoms with van der Waals surface area (Å²) in [6, 6.07) is 8.90. The molecule has 3 nitrogen and oxygen atoms in total. The standard InChI is InChI=1S/C8H11O3Si/c1-10-12(9,11-2)8-6-4-3-5-7-8/h3-7H,1-2H3. The van der Waals surface area contributed by atoms with Gasteiger partial charge in [0.05, 0.1) is 0 Å². The van der Waals surface area contributed by atoms with Crippen molar-refractivity contribution in [1.29, 1.82) is 0 Å². The van der Waals surface area contributed by atoms with Gasteiger partial charge < -0.3 is 8.85 Å². The SMILES string of the molecule is CO[Si]([O])(OC)c1ccccc1. The minimum absolute atomic E-state index is 0.606. The van der Waals surface area contributed by atoms with E-state index in [1.807, 2.05) is 6.07 Å². The van der Waals surface area contributed by atoms with E-state index in [0.717, 1.165) is 0 Å². The molecule has 0 aliphatic carbocycles. The molecule has 4 heteroatoms. The fourth-order valence-electron chi connectivity index (χ4n) is 0.961. The van der Waals surface area contributed by atoms with E-state index in [0.29, 0.717) is 5.19 Å². The van der Waals surface area contributed by atoms with Crippen LogP contribution in [-0.2, 0) is 13.6 Å². The van der Waals surface area contributed by atoms with E-state index in [1.165, 1.54) is 14.2 Å². The van der Waals surface area contributed by atoms with Gasteiger partial charge in [-0.1, -0.05) is 30.3 Å². The third-order valence-electron chi connectivity index (χ3n) is 1.66. The summed E-state index contributed by atoms with van der Waals surface area (Å²) in [7, 11) is -0.554. The molecule has 65 valence electrons. The third kappa shape index (κ3) is 1.73. The van der Waals surface area contributed by atoms with E-state index in [9.17, 15) is 4.80 Å². The van der Waals surface area contributed by atoms with Crippen LogP contribution in [0.3, 0.4) is 0 Å². The van der Waals surface area contributed by atoms with Crippen molar-refractivity contribution in [2.24, 2.45) is 0 Å². The molecule has 1 aromatic rings. The van der Waals surface area contributed by atoms with E-state index < -0.39 is 8.80 Å². The van der Waals surface area contributed by atoms with Gasteiger partial charge in [0.15, 0.2) is 0 Å². The average Bonchev–Trinajstić information content (AvgIpc) is 2.18. The monoisotopic (exact) mass is 183 g/mol. The lowest BCUT2D eigenvalue weighted by Gasteiger charge is -2.17. The van der Waals surface area contributed by atoms with Crippen LogP contribution in [0.5, 0.6) is 0 Å². The average molecular weight is 183 g/mol. The maximum atomic E-state index is 11.7. The van der Waals surface area contributed by atoms with E-state index in [1.54, 1.807) is 24.3 Å². The van der Waals surface area contributed by atoms with Crippen molar-refractivity contribution in [3.05, 3.63) is 30.3 Å². The Labute approximate surface area is 72.9 Å². The van der Waals surface area contributed by atoms with Gasteiger partial charge in [0, 0.05) is 19.4 Å². The van der Waals surface area contributed by atoms with Crippen molar-refractivity contribution in [2.75, 3.05) is 14.2 Å². The zero-order valence-corrected chi connectivity index (χ0v) is 8.11. The second-order valence-corrected chi connectivity index (χ2v) is 4.84. The van der Waals surface area contributed by atoms with Crippen LogP contribution in [0.15, 0.2) is 30.3 Å². The molecule has 0 aliphatic heterocycles. The predicted molar refractivity (Wildman–Crippen MR) is 46.5 cm³/mol. The molecular weight excluding hydrogens is 172 g/mol. The van der Waals surface area contributed by atoms with Crippen LogP contribution in [0.2, 0.25) is 0 Å². The Hall–Kier alpha value is -0.683. The Morgan fingerprint density at radius 1 is 1.08 bits per heavy atom. The molecule has 0 saturated carbocycles. The lowest BCUT2D eigenvalue weighted by atomic mass is 10.4. The van der Waals surface area contributed by atoms with Crippen LogP contribution >= 0.6 is 0 Å². The molecule has 0 spiro atoms. The maximum Gasteiger partial charge on any atom is 0.563 e. The first-order chi connectivity index (χ1) is 5.73. The number of benzene rings is 1. The number of hydrogen-bond acceptors (Lipinski definition) is 2. The molecular formula is C8H11O3Si. The summed E-state index contributed by atoms with van der Waals surface area (Å²) in [6.45, 7) is 0. The van der Waals surface area contributed by atoms with Crippen LogP contribution in [-0.4, -0.2) is 23.0 Å². The van der Waals surface area contributed by atoms with Gasteiger partial charge in [0.25, 0.3) is 0 Å². The Kier molecular flexibility index (Phi) is 2.99. The van der Waals surface area contributed by atoms with Gasteiger partial charge in [-0.05, 0) is 0 Å². The van der Waals surface area contributed by atoms with Gasteiger partial charge in [-0.3, -0.25) is 0 Å².